The maximum absolute atomic E-state index is 13.5. The number of halogens is 1. The number of hydrogen-bond donors (Lipinski definition) is 1. The molecule has 2 aliphatic heterocycles. The summed E-state index contributed by atoms with van der Waals surface area (Å²) < 4.78 is 41.7. The quantitative estimate of drug-likeness (QED) is 0.410. The van der Waals surface area contributed by atoms with E-state index < -0.39 is 21.5 Å². The van der Waals surface area contributed by atoms with E-state index in [9.17, 15) is 13.2 Å². The van der Waals surface area contributed by atoms with Gasteiger partial charge in [0.05, 0.1) is 23.8 Å². The third kappa shape index (κ3) is 4.86. The Morgan fingerprint density at radius 2 is 1.95 bits per heavy atom. The van der Waals surface area contributed by atoms with E-state index in [0.717, 1.165) is 49.5 Å². The van der Waals surface area contributed by atoms with Crippen molar-refractivity contribution in [3.63, 3.8) is 0 Å². The van der Waals surface area contributed by atoms with Gasteiger partial charge in [-0.05, 0) is 104 Å². The van der Waals surface area contributed by atoms with Crippen molar-refractivity contribution in [1.29, 1.82) is 0 Å². The average Bonchev–Trinajstić information content (AvgIpc) is 3.73. The molecule has 0 radical (unpaired) electrons. The number of nitrogens with one attached hydrogen (secondary N) is 1. The van der Waals surface area contributed by atoms with Gasteiger partial charge in [-0.3, -0.25) is 4.79 Å². The van der Waals surface area contributed by atoms with Crippen molar-refractivity contribution in [3.8, 4) is 5.75 Å². The summed E-state index contributed by atoms with van der Waals surface area (Å²) in [6.45, 7) is 4.63. The first-order chi connectivity index (χ1) is 19.7. The Morgan fingerprint density at radius 3 is 2.73 bits per heavy atom. The Balaban J connectivity index is 1.31. The third-order valence-electron chi connectivity index (χ3n) is 10.2. The third-order valence-corrected chi connectivity index (χ3v) is 11.7. The fourth-order valence-electron chi connectivity index (χ4n) is 7.50. The number of allylic oxidation sites excluding steroid dienone is 1. The minimum atomic E-state index is -4.10. The van der Waals surface area contributed by atoms with Crippen LogP contribution < -0.4 is 14.4 Å². The van der Waals surface area contributed by atoms with E-state index in [0.29, 0.717) is 49.6 Å². The highest BCUT2D eigenvalue weighted by Gasteiger charge is 2.52. The molecule has 7 rings (SSSR count). The van der Waals surface area contributed by atoms with Crippen LogP contribution in [-0.2, 0) is 31.4 Å². The van der Waals surface area contributed by atoms with Crippen LogP contribution in [0.25, 0.3) is 0 Å². The zero-order valence-corrected chi connectivity index (χ0v) is 25.0. The van der Waals surface area contributed by atoms with Crippen LogP contribution >= 0.6 is 11.6 Å². The Labute approximate surface area is 247 Å². The van der Waals surface area contributed by atoms with Gasteiger partial charge in [-0.25, -0.2) is 13.1 Å². The molecule has 4 atom stereocenters. The lowest BCUT2D eigenvalue weighted by Crippen LogP contribution is -2.49. The fourth-order valence-corrected chi connectivity index (χ4v) is 8.76. The summed E-state index contributed by atoms with van der Waals surface area (Å²) in [6.07, 6.45) is 10.6. The summed E-state index contributed by atoms with van der Waals surface area (Å²) in [4.78, 5) is 15.5. The molecule has 1 N–H and O–H groups in total. The zero-order valence-electron chi connectivity index (χ0n) is 23.4. The van der Waals surface area contributed by atoms with Crippen LogP contribution in [0.1, 0.15) is 56.6 Å². The van der Waals surface area contributed by atoms with Crippen LogP contribution in [0.15, 0.2) is 53.4 Å². The van der Waals surface area contributed by atoms with Gasteiger partial charge >= 0.3 is 0 Å². The number of benzene rings is 2. The molecule has 0 saturated heterocycles. The molecule has 0 aromatic heterocycles. The van der Waals surface area contributed by atoms with E-state index in [1.165, 1.54) is 17.5 Å². The lowest BCUT2D eigenvalue weighted by Gasteiger charge is -2.46. The van der Waals surface area contributed by atoms with Crippen LogP contribution in [0.5, 0.6) is 5.75 Å². The molecule has 2 bridgehead atoms. The van der Waals surface area contributed by atoms with Gasteiger partial charge in [0.15, 0.2) is 0 Å². The lowest BCUT2D eigenvalue weighted by molar-refractivity contribution is -0.132. The van der Waals surface area contributed by atoms with Gasteiger partial charge in [0, 0.05) is 23.5 Å². The number of aryl methyl sites for hydroxylation is 1. The smallest absolute Gasteiger partial charge is 0.265 e. The minimum absolute atomic E-state index is 0.0614. The van der Waals surface area contributed by atoms with Crippen LogP contribution in [0.3, 0.4) is 0 Å². The summed E-state index contributed by atoms with van der Waals surface area (Å²) in [7, 11) is -4.10. The summed E-state index contributed by atoms with van der Waals surface area (Å²) >= 11 is 6.39. The molecule has 2 heterocycles. The molecule has 2 fully saturated rings. The summed E-state index contributed by atoms with van der Waals surface area (Å²) in [5.41, 5.74) is 2.03. The van der Waals surface area contributed by atoms with Gasteiger partial charge in [0.2, 0.25) is 0 Å². The SMILES string of the molecule is C[C@H]1/C=C/COC2(CC2)C(=O)NS(=O)(=O)c2ccc3c(c2)N(C[C@@H]2CC[C@H]21)C[C@@]1(CCCc2cc(Cl)ccc21)CO3. The number of carbonyl (C=O) groups is 1. The lowest BCUT2D eigenvalue weighted by atomic mass is 9.66. The first-order valence-corrected chi connectivity index (χ1v) is 16.7. The van der Waals surface area contributed by atoms with Crippen LogP contribution in [-0.4, -0.2) is 46.2 Å². The highest BCUT2D eigenvalue weighted by molar-refractivity contribution is 7.90. The second-order valence-corrected chi connectivity index (χ2v) is 14.9. The number of fused-ring (bicyclic) bond motifs is 4. The normalized spacial score (nSPS) is 32.5. The molecule has 9 heteroatoms. The van der Waals surface area contributed by atoms with Crippen molar-refractivity contribution in [2.45, 2.75) is 67.8 Å². The zero-order chi connectivity index (χ0) is 28.4. The second-order valence-electron chi connectivity index (χ2n) is 12.8. The molecule has 7 nitrogen and oxygen atoms in total. The van der Waals surface area contributed by atoms with Gasteiger partial charge in [-0.1, -0.05) is 36.7 Å². The largest absolute Gasteiger partial charge is 0.490 e. The Bertz CT molecular complexity index is 1520. The van der Waals surface area contributed by atoms with Crippen molar-refractivity contribution < 1.29 is 22.7 Å². The Kier molecular flexibility index (Phi) is 6.67. The fraction of sp³-hybridized carbons (Fsp3) is 0.531. The van der Waals surface area contributed by atoms with E-state index in [-0.39, 0.29) is 10.3 Å². The van der Waals surface area contributed by atoms with Crippen LogP contribution in [0, 0.1) is 17.8 Å². The van der Waals surface area contributed by atoms with Crippen molar-refractivity contribution in [2.75, 3.05) is 31.2 Å². The number of carbonyl (C=O) groups excluding carboxylic acids is 1. The van der Waals surface area contributed by atoms with Gasteiger partial charge < -0.3 is 14.4 Å². The summed E-state index contributed by atoms with van der Waals surface area (Å²) in [6, 6.07) is 11.2. The molecule has 2 spiro atoms. The molecule has 2 aromatic carbocycles. The minimum Gasteiger partial charge on any atom is -0.490 e. The predicted molar refractivity (Wildman–Crippen MR) is 158 cm³/mol. The molecular weight excluding hydrogens is 560 g/mol. The van der Waals surface area contributed by atoms with E-state index in [1.807, 2.05) is 12.1 Å². The first kappa shape index (κ1) is 27.3. The number of sulfonamides is 1. The maximum atomic E-state index is 13.5. The topological polar surface area (TPSA) is 84.9 Å². The number of nitrogens with zero attached hydrogens (tertiary/aromatic N) is 1. The van der Waals surface area contributed by atoms with Crippen molar-refractivity contribution in [3.05, 3.63) is 64.7 Å². The van der Waals surface area contributed by atoms with Gasteiger partial charge in [-0.2, -0.15) is 0 Å². The number of ether oxygens (including phenoxy) is 2. The molecule has 5 aliphatic rings. The Morgan fingerprint density at radius 1 is 1.10 bits per heavy atom. The van der Waals surface area contributed by atoms with Crippen molar-refractivity contribution in [1.82, 2.24) is 4.72 Å². The average molecular weight is 597 g/mol. The van der Waals surface area contributed by atoms with Crippen molar-refractivity contribution in [2.24, 2.45) is 17.8 Å². The Hall–Kier alpha value is -2.55. The molecule has 2 aromatic rings. The highest BCUT2D eigenvalue weighted by atomic mass is 35.5. The van der Waals surface area contributed by atoms with Crippen LogP contribution in [0.4, 0.5) is 5.69 Å². The maximum Gasteiger partial charge on any atom is 0.265 e. The van der Waals surface area contributed by atoms with E-state index in [1.54, 1.807) is 18.2 Å². The van der Waals surface area contributed by atoms with Crippen LogP contribution in [0.2, 0.25) is 5.02 Å². The van der Waals surface area contributed by atoms with E-state index in [4.69, 9.17) is 21.1 Å². The van der Waals surface area contributed by atoms with Gasteiger partial charge in [-0.15, -0.1) is 0 Å². The van der Waals surface area contributed by atoms with Gasteiger partial charge in [0.25, 0.3) is 15.9 Å². The standard InChI is InChI=1S/C32H37ClN2O5S/c1-21-4-3-15-40-32(13-14-32)30(36)34-41(37,38)25-8-11-29-28(17-25)35(18-23-6-9-26(21)23)19-31(20-39-29)12-2-5-22-16-24(33)7-10-27(22)31/h3-4,7-8,10-11,16-17,21,23,26H,2,5-6,9,12-15,18-20H2,1H3,(H,34,36)/b4-3+/t21-,23-,26-,31-/m0/s1. The first-order valence-electron chi connectivity index (χ1n) is 14.9. The van der Waals surface area contributed by atoms with E-state index >= 15 is 0 Å². The molecule has 3 aliphatic carbocycles. The molecule has 218 valence electrons. The number of hydrogen-bond acceptors (Lipinski definition) is 6. The number of anilines is 1. The molecule has 2 saturated carbocycles. The van der Waals surface area contributed by atoms with Crippen molar-refractivity contribution >= 4 is 33.2 Å². The second kappa shape index (κ2) is 10.0. The number of amides is 1. The molecule has 1 amide bonds. The van der Waals surface area contributed by atoms with E-state index in [2.05, 4.69) is 34.8 Å². The monoisotopic (exact) mass is 596 g/mol. The molecule has 0 unspecified atom stereocenters. The summed E-state index contributed by atoms with van der Waals surface area (Å²) in [5.74, 6) is 1.49. The number of rotatable bonds is 0. The predicted octanol–water partition coefficient (Wildman–Crippen LogP) is 5.40. The molecular formula is C32H37ClN2O5S. The summed E-state index contributed by atoms with van der Waals surface area (Å²) in [5, 5.41) is 0.748. The van der Waals surface area contributed by atoms with Gasteiger partial charge in [0.1, 0.15) is 11.4 Å². The molecule has 41 heavy (non-hydrogen) atoms. The highest BCUT2D eigenvalue weighted by Crippen LogP contribution is 2.48.